The van der Waals surface area contributed by atoms with Crippen molar-refractivity contribution in [1.29, 1.82) is 0 Å². The number of aliphatic hydroxyl groups is 1. The van der Waals surface area contributed by atoms with Gasteiger partial charge in [-0.1, -0.05) is 54.6 Å². The SMILES string of the molecule is COc1cccc(C(O)=C2C(=O)C(=O)N(Cc3ccncc3)C2c2ccc(OCc3ccccc3)cc2)c1. The lowest BCUT2D eigenvalue weighted by Crippen LogP contribution is -2.29. The Bertz CT molecular complexity index is 1470. The van der Waals surface area contributed by atoms with Gasteiger partial charge in [0.15, 0.2) is 0 Å². The fourth-order valence-corrected chi connectivity index (χ4v) is 4.49. The van der Waals surface area contributed by atoms with E-state index in [1.165, 1.54) is 12.0 Å². The molecular weight excluding hydrogens is 480 g/mol. The molecule has 38 heavy (non-hydrogen) atoms. The Kier molecular flexibility index (Phi) is 7.17. The number of hydrogen-bond acceptors (Lipinski definition) is 6. The summed E-state index contributed by atoms with van der Waals surface area (Å²) >= 11 is 0. The number of ether oxygens (including phenoxy) is 2. The van der Waals surface area contributed by atoms with Gasteiger partial charge >= 0.3 is 0 Å². The number of pyridine rings is 1. The number of methoxy groups -OCH3 is 1. The first-order valence-corrected chi connectivity index (χ1v) is 12.1. The Morgan fingerprint density at radius 1 is 0.868 bits per heavy atom. The number of amides is 1. The lowest BCUT2D eigenvalue weighted by Gasteiger charge is -2.25. The van der Waals surface area contributed by atoms with Gasteiger partial charge in [-0.3, -0.25) is 14.6 Å². The molecule has 7 heteroatoms. The maximum atomic E-state index is 13.3. The number of ketones is 1. The average molecular weight is 507 g/mol. The van der Waals surface area contributed by atoms with E-state index in [9.17, 15) is 14.7 Å². The molecule has 1 aliphatic heterocycles. The van der Waals surface area contributed by atoms with E-state index in [1.54, 1.807) is 60.9 Å². The third kappa shape index (κ3) is 5.13. The Morgan fingerprint density at radius 3 is 2.32 bits per heavy atom. The van der Waals surface area contributed by atoms with Crippen LogP contribution in [0.5, 0.6) is 11.5 Å². The Labute approximate surface area is 220 Å². The second-order valence-electron chi connectivity index (χ2n) is 8.86. The van der Waals surface area contributed by atoms with Crippen LogP contribution in [0.15, 0.2) is 109 Å². The minimum atomic E-state index is -0.794. The molecule has 1 aliphatic rings. The zero-order chi connectivity index (χ0) is 26.5. The highest BCUT2D eigenvalue weighted by atomic mass is 16.5. The first-order valence-electron chi connectivity index (χ1n) is 12.1. The van der Waals surface area contributed by atoms with Crippen molar-refractivity contribution in [2.24, 2.45) is 0 Å². The normalized spacial score (nSPS) is 16.4. The third-order valence-corrected chi connectivity index (χ3v) is 6.43. The fraction of sp³-hybridized carbons (Fsp3) is 0.129. The molecule has 0 bridgehead atoms. The molecule has 190 valence electrons. The highest BCUT2D eigenvalue weighted by Gasteiger charge is 2.46. The molecule has 2 heterocycles. The number of carbonyl (C=O) groups is 2. The van der Waals surface area contributed by atoms with E-state index >= 15 is 0 Å². The molecule has 0 spiro atoms. The monoisotopic (exact) mass is 506 g/mol. The molecular formula is C31H26N2O5. The predicted molar refractivity (Wildman–Crippen MR) is 142 cm³/mol. The van der Waals surface area contributed by atoms with E-state index in [0.29, 0.717) is 29.2 Å². The molecule has 1 unspecified atom stereocenters. The average Bonchev–Trinajstić information content (AvgIpc) is 3.22. The van der Waals surface area contributed by atoms with Crippen molar-refractivity contribution in [1.82, 2.24) is 9.88 Å². The van der Waals surface area contributed by atoms with Crippen molar-refractivity contribution in [2.45, 2.75) is 19.2 Å². The number of aliphatic hydroxyl groups excluding tert-OH is 1. The number of carbonyl (C=O) groups excluding carboxylic acids is 2. The van der Waals surface area contributed by atoms with Gasteiger partial charge in [-0.05, 0) is 53.1 Å². The van der Waals surface area contributed by atoms with Gasteiger partial charge < -0.3 is 19.5 Å². The lowest BCUT2D eigenvalue weighted by atomic mass is 9.95. The van der Waals surface area contributed by atoms with Crippen molar-refractivity contribution in [2.75, 3.05) is 7.11 Å². The molecule has 1 atom stereocenters. The Balaban J connectivity index is 1.52. The summed E-state index contributed by atoms with van der Waals surface area (Å²) in [5.41, 5.74) is 2.95. The van der Waals surface area contributed by atoms with Gasteiger partial charge in [0.2, 0.25) is 0 Å². The highest BCUT2D eigenvalue weighted by molar-refractivity contribution is 6.46. The second kappa shape index (κ2) is 11.0. The first-order chi connectivity index (χ1) is 18.5. The van der Waals surface area contributed by atoms with Crippen molar-refractivity contribution < 1.29 is 24.2 Å². The van der Waals surface area contributed by atoms with E-state index in [2.05, 4.69) is 4.98 Å². The van der Waals surface area contributed by atoms with Crippen LogP contribution in [-0.4, -0.2) is 33.8 Å². The third-order valence-electron chi connectivity index (χ3n) is 6.43. The minimum absolute atomic E-state index is 0.0234. The summed E-state index contributed by atoms with van der Waals surface area (Å²) in [6.45, 7) is 0.593. The van der Waals surface area contributed by atoms with Gasteiger partial charge in [0.05, 0.1) is 18.7 Å². The van der Waals surface area contributed by atoms with Gasteiger partial charge in [0, 0.05) is 24.5 Å². The van der Waals surface area contributed by atoms with Crippen LogP contribution in [-0.2, 0) is 22.7 Å². The molecule has 0 aliphatic carbocycles. The van der Waals surface area contributed by atoms with E-state index < -0.39 is 17.7 Å². The van der Waals surface area contributed by atoms with Crippen LogP contribution in [0.25, 0.3) is 5.76 Å². The molecule has 1 saturated heterocycles. The quantitative estimate of drug-likeness (QED) is 0.198. The van der Waals surface area contributed by atoms with Crippen LogP contribution in [0.4, 0.5) is 0 Å². The minimum Gasteiger partial charge on any atom is -0.507 e. The van der Waals surface area contributed by atoms with Crippen LogP contribution in [0.2, 0.25) is 0 Å². The molecule has 0 radical (unpaired) electrons. The van der Waals surface area contributed by atoms with Crippen molar-refractivity contribution in [3.8, 4) is 11.5 Å². The fourth-order valence-electron chi connectivity index (χ4n) is 4.49. The summed E-state index contributed by atoms with van der Waals surface area (Å²) in [7, 11) is 1.52. The number of Topliss-reactive ketones (excluding diaryl/α,β-unsaturated/α-hetero) is 1. The molecule has 1 N–H and O–H groups in total. The van der Waals surface area contributed by atoms with E-state index in [1.807, 2.05) is 42.5 Å². The number of hydrogen-bond donors (Lipinski definition) is 1. The van der Waals surface area contributed by atoms with Gasteiger partial charge in [-0.25, -0.2) is 0 Å². The zero-order valence-corrected chi connectivity index (χ0v) is 20.8. The van der Waals surface area contributed by atoms with Gasteiger partial charge in [0.1, 0.15) is 23.9 Å². The summed E-state index contributed by atoms with van der Waals surface area (Å²) in [5.74, 6) is -0.503. The summed E-state index contributed by atoms with van der Waals surface area (Å²) in [6.07, 6.45) is 3.27. The van der Waals surface area contributed by atoms with Crippen LogP contribution >= 0.6 is 0 Å². The van der Waals surface area contributed by atoms with Gasteiger partial charge in [0.25, 0.3) is 11.7 Å². The van der Waals surface area contributed by atoms with Crippen molar-refractivity contribution in [3.63, 3.8) is 0 Å². The summed E-state index contributed by atoms with van der Waals surface area (Å²) in [5, 5.41) is 11.3. The van der Waals surface area contributed by atoms with E-state index in [4.69, 9.17) is 9.47 Å². The summed E-state index contributed by atoms with van der Waals surface area (Å²) in [6, 6.07) is 26.6. The van der Waals surface area contributed by atoms with Crippen molar-refractivity contribution in [3.05, 3.63) is 131 Å². The first kappa shape index (κ1) is 24.8. The highest BCUT2D eigenvalue weighted by Crippen LogP contribution is 2.41. The van der Waals surface area contributed by atoms with Crippen LogP contribution in [0.3, 0.4) is 0 Å². The van der Waals surface area contributed by atoms with Gasteiger partial charge in [-0.2, -0.15) is 0 Å². The predicted octanol–water partition coefficient (Wildman–Crippen LogP) is 5.29. The molecule has 7 nitrogen and oxygen atoms in total. The molecule has 4 aromatic rings. The second-order valence-corrected chi connectivity index (χ2v) is 8.86. The largest absolute Gasteiger partial charge is 0.507 e. The molecule has 1 amide bonds. The molecule has 1 aromatic heterocycles. The number of aromatic nitrogens is 1. The molecule has 0 saturated carbocycles. The smallest absolute Gasteiger partial charge is 0.295 e. The molecule has 1 fully saturated rings. The summed E-state index contributed by atoms with van der Waals surface area (Å²) in [4.78, 5) is 32.1. The number of nitrogens with zero attached hydrogens (tertiary/aromatic N) is 2. The molecule has 3 aromatic carbocycles. The number of likely N-dealkylation sites (tertiary alicyclic amines) is 1. The zero-order valence-electron chi connectivity index (χ0n) is 20.8. The topological polar surface area (TPSA) is 89.0 Å². The Morgan fingerprint density at radius 2 is 1.61 bits per heavy atom. The van der Waals surface area contributed by atoms with Gasteiger partial charge in [-0.15, -0.1) is 0 Å². The lowest BCUT2D eigenvalue weighted by molar-refractivity contribution is -0.140. The van der Waals surface area contributed by atoms with Crippen molar-refractivity contribution >= 4 is 17.4 Å². The van der Waals surface area contributed by atoms with E-state index in [0.717, 1.165) is 11.1 Å². The standard InChI is InChI=1S/C31H26N2O5/c1-37-26-9-5-8-24(18-26)29(34)27-28(33(31(36)30(27)35)19-21-14-16-32-17-15-21)23-10-12-25(13-11-23)38-20-22-6-3-2-4-7-22/h2-18,28,34H,19-20H2,1H3. The van der Waals surface area contributed by atoms with Crippen LogP contribution < -0.4 is 9.47 Å². The maximum absolute atomic E-state index is 13.3. The van der Waals surface area contributed by atoms with E-state index in [-0.39, 0.29) is 17.9 Å². The maximum Gasteiger partial charge on any atom is 0.295 e. The van der Waals surface area contributed by atoms with Crippen LogP contribution in [0.1, 0.15) is 28.3 Å². The number of rotatable bonds is 8. The number of benzene rings is 3. The van der Waals surface area contributed by atoms with Crippen LogP contribution in [0, 0.1) is 0 Å². The summed E-state index contributed by atoms with van der Waals surface area (Å²) < 4.78 is 11.2. The molecule has 5 rings (SSSR count). The Hall–Kier alpha value is -4.91.